The van der Waals surface area contributed by atoms with Gasteiger partial charge in [0.25, 0.3) is 5.91 Å². The molecule has 7 nitrogen and oxygen atoms in total. The van der Waals surface area contributed by atoms with Crippen molar-refractivity contribution < 1.29 is 19.5 Å². The van der Waals surface area contributed by atoms with Gasteiger partial charge in [0, 0.05) is 19.5 Å². The Morgan fingerprint density at radius 2 is 2.35 bits per heavy atom. The van der Waals surface area contributed by atoms with Gasteiger partial charge in [-0.3, -0.25) is 4.79 Å². The largest absolute Gasteiger partial charge is 0.409 e. The fourth-order valence-corrected chi connectivity index (χ4v) is 1.56. The van der Waals surface area contributed by atoms with Gasteiger partial charge >= 0.3 is 0 Å². The number of nitrogens with zero attached hydrogens (tertiary/aromatic N) is 2. The third-order valence-electron chi connectivity index (χ3n) is 2.55. The van der Waals surface area contributed by atoms with E-state index in [0.717, 1.165) is 0 Å². The highest BCUT2D eigenvalue weighted by atomic mass is 16.6. The van der Waals surface area contributed by atoms with Crippen LogP contribution >= 0.6 is 0 Å². The van der Waals surface area contributed by atoms with E-state index in [1.54, 1.807) is 4.90 Å². The van der Waals surface area contributed by atoms with Crippen LogP contribution in [-0.4, -0.2) is 60.9 Å². The van der Waals surface area contributed by atoms with Crippen molar-refractivity contribution in [1.29, 1.82) is 0 Å². The van der Waals surface area contributed by atoms with Gasteiger partial charge in [-0.15, -0.1) is 0 Å². The number of carbonyl (C=O) groups excluding carboxylic acids is 1. The van der Waals surface area contributed by atoms with Gasteiger partial charge in [0.2, 0.25) is 0 Å². The molecule has 1 heterocycles. The minimum atomic E-state index is -0.531. The summed E-state index contributed by atoms with van der Waals surface area (Å²) < 4.78 is 10.5. The van der Waals surface area contributed by atoms with E-state index in [1.165, 1.54) is 0 Å². The first-order valence-electron chi connectivity index (χ1n) is 5.63. The normalized spacial score (nSPS) is 21.2. The van der Waals surface area contributed by atoms with E-state index in [2.05, 4.69) is 5.16 Å². The molecule has 0 aliphatic carbocycles. The highest BCUT2D eigenvalue weighted by molar-refractivity contribution is 5.83. The van der Waals surface area contributed by atoms with E-state index in [0.29, 0.717) is 39.3 Å². The van der Waals surface area contributed by atoms with Crippen LogP contribution in [0.2, 0.25) is 0 Å². The fraction of sp³-hybridized carbons (Fsp3) is 0.800. The molecule has 1 amide bonds. The summed E-state index contributed by atoms with van der Waals surface area (Å²) in [5.74, 6) is -0.00463. The molecular formula is C10H19N3O4. The minimum absolute atomic E-state index is 0.108. The summed E-state index contributed by atoms with van der Waals surface area (Å²) in [5, 5.41) is 11.3. The fourth-order valence-electron chi connectivity index (χ4n) is 1.56. The summed E-state index contributed by atoms with van der Waals surface area (Å²) in [6.45, 7) is 4.09. The van der Waals surface area contributed by atoms with E-state index in [4.69, 9.17) is 20.4 Å². The molecule has 1 fully saturated rings. The zero-order chi connectivity index (χ0) is 12.7. The van der Waals surface area contributed by atoms with Gasteiger partial charge < -0.3 is 25.3 Å². The molecule has 1 rings (SSSR count). The smallest absolute Gasteiger partial charge is 0.254 e. The molecular weight excluding hydrogens is 226 g/mol. The molecule has 7 heteroatoms. The number of amides is 1. The van der Waals surface area contributed by atoms with Gasteiger partial charge in [0.05, 0.1) is 19.8 Å². The first-order valence-corrected chi connectivity index (χ1v) is 5.63. The van der Waals surface area contributed by atoms with E-state index in [-0.39, 0.29) is 11.7 Å². The van der Waals surface area contributed by atoms with Crippen LogP contribution in [0, 0.1) is 0 Å². The van der Waals surface area contributed by atoms with Crippen molar-refractivity contribution >= 4 is 11.7 Å². The predicted octanol–water partition coefficient (Wildman–Crippen LogP) is -0.613. The van der Waals surface area contributed by atoms with Crippen LogP contribution in [-0.2, 0) is 14.3 Å². The maximum atomic E-state index is 12.0. The highest BCUT2D eigenvalue weighted by Crippen LogP contribution is 2.06. The van der Waals surface area contributed by atoms with Crippen molar-refractivity contribution in [2.45, 2.75) is 19.4 Å². The predicted molar refractivity (Wildman–Crippen MR) is 60.8 cm³/mol. The van der Waals surface area contributed by atoms with Crippen molar-refractivity contribution in [3.8, 4) is 0 Å². The third-order valence-corrected chi connectivity index (χ3v) is 2.55. The second-order valence-corrected chi connectivity index (χ2v) is 3.69. The first kappa shape index (κ1) is 13.7. The number of rotatable bonds is 5. The van der Waals surface area contributed by atoms with Crippen LogP contribution in [0.4, 0.5) is 0 Å². The van der Waals surface area contributed by atoms with E-state index < -0.39 is 6.10 Å². The Balaban J connectivity index is 2.45. The van der Waals surface area contributed by atoms with Gasteiger partial charge in [-0.25, -0.2) is 0 Å². The Morgan fingerprint density at radius 3 is 2.88 bits per heavy atom. The quantitative estimate of drug-likeness (QED) is 0.291. The van der Waals surface area contributed by atoms with Crippen LogP contribution in [0.1, 0.15) is 13.3 Å². The second kappa shape index (κ2) is 7.08. The molecule has 1 aliphatic rings. The maximum Gasteiger partial charge on any atom is 0.254 e. The van der Waals surface area contributed by atoms with Gasteiger partial charge in [0.1, 0.15) is 5.84 Å². The summed E-state index contributed by atoms with van der Waals surface area (Å²) in [6.07, 6.45) is -0.195. The molecule has 0 aromatic carbocycles. The molecule has 0 aromatic rings. The van der Waals surface area contributed by atoms with Crippen LogP contribution in [0.3, 0.4) is 0 Å². The Morgan fingerprint density at radius 1 is 1.59 bits per heavy atom. The van der Waals surface area contributed by atoms with Gasteiger partial charge in [0.15, 0.2) is 6.10 Å². The van der Waals surface area contributed by atoms with Gasteiger partial charge in [-0.05, 0) is 6.92 Å². The molecule has 0 spiro atoms. The molecule has 1 saturated heterocycles. The average Bonchev–Trinajstić information content (AvgIpc) is 2.39. The number of hydrogen-bond donors (Lipinski definition) is 2. The monoisotopic (exact) mass is 245 g/mol. The lowest BCUT2D eigenvalue weighted by atomic mass is 10.2. The molecule has 17 heavy (non-hydrogen) atoms. The van der Waals surface area contributed by atoms with E-state index in [1.807, 2.05) is 6.92 Å². The molecule has 0 aromatic heterocycles. The summed E-state index contributed by atoms with van der Waals surface area (Å²) in [5.41, 5.74) is 5.36. The Bertz CT molecular complexity index is 277. The molecule has 1 unspecified atom stereocenters. The van der Waals surface area contributed by atoms with Crippen molar-refractivity contribution in [3.63, 3.8) is 0 Å². The third kappa shape index (κ3) is 4.20. The molecule has 3 N–H and O–H groups in total. The summed E-state index contributed by atoms with van der Waals surface area (Å²) in [4.78, 5) is 13.6. The summed E-state index contributed by atoms with van der Waals surface area (Å²) in [6, 6.07) is 0. The van der Waals surface area contributed by atoms with Crippen LogP contribution < -0.4 is 5.73 Å². The van der Waals surface area contributed by atoms with Crippen LogP contribution in [0.5, 0.6) is 0 Å². The van der Waals surface area contributed by atoms with Crippen LogP contribution in [0.15, 0.2) is 5.16 Å². The number of hydrogen-bond acceptors (Lipinski definition) is 5. The summed E-state index contributed by atoms with van der Waals surface area (Å²) in [7, 11) is 0. The highest BCUT2D eigenvalue weighted by Gasteiger charge is 2.26. The van der Waals surface area contributed by atoms with Crippen molar-refractivity contribution in [1.82, 2.24) is 4.90 Å². The molecule has 1 aliphatic heterocycles. The van der Waals surface area contributed by atoms with E-state index >= 15 is 0 Å². The molecule has 1 atom stereocenters. The lowest BCUT2D eigenvalue weighted by molar-refractivity contribution is -0.157. The zero-order valence-corrected chi connectivity index (χ0v) is 9.96. The number of oxime groups is 1. The van der Waals surface area contributed by atoms with Crippen molar-refractivity contribution in [2.24, 2.45) is 10.9 Å². The SMILES string of the molecule is CCN(CCC(N)=NO)C(=O)C1COCCO1. The number of likely N-dealkylation sites (N-methyl/N-ethyl adjacent to an activating group) is 1. The minimum Gasteiger partial charge on any atom is -0.409 e. The number of amidine groups is 1. The second-order valence-electron chi connectivity index (χ2n) is 3.69. The summed E-state index contributed by atoms with van der Waals surface area (Å²) >= 11 is 0. The lowest BCUT2D eigenvalue weighted by Gasteiger charge is -2.28. The standard InChI is InChI=1S/C10H19N3O4/c1-2-13(4-3-9(11)12-15)10(14)8-7-16-5-6-17-8/h8,15H,2-7H2,1H3,(H2,11,12). The van der Waals surface area contributed by atoms with Gasteiger partial charge in [-0.2, -0.15) is 0 Å². The average molecular weight is 245 g/mol. The van der Waals surface area contributed by atoms with Crippen molar-refractivity contribution in [2.75, 3.05) is 32.9 Å². The number of ether oxygens (including phenoxy) is 2. The van der Waals surface area contributed by atoms with Gasteiger partial charge in [-0.1, -0.05) is 5.16 Å². The molecule has 0 bridgehead atoms. The van der Waals surface area contributed by atoms with Crippen LogP contribution in [0.25, 0.3) is 0 Å². The maximum absolute atomic E-state index is 12.0. The Labute approximate surface area is 100 Å². The number of nitrogens with two attached hydrogens (primary N) is 1. The van der Waals surface area contributed by atoms with E-state index in [9.17, 15) is 4.79 Å². The molecule has 98 valence electrons. The van der Waals surface area contributed by atoms with Crippen molar-refractivity contribution in [3.05, 3.63) is 0 Å². The first-order chi connectivity index (χ1) is 8.19. The molecule has 0 radical (unpaired) electrons. The molecule has 0 saturated carbocycles. The Hall–Kier alpha value is -1.34. The Kier molecular flexibility index (Phi) is 5.71. The lowest BCUT2D eigenvalue weighted by Crippen LogP contribution is -2.46. The number of carbonyl (C=O) groups is 1. The zero-order valence-electron chi connectivity index (χ0n) is 9.96. The topological polar surface area (TPSA) is 97.4 Å².